The normalized spacial score (nSPS) is 10.4. The summed E-state index contributed by atoms with van der Waals surface area (Å²) in [6.07, 6.45) is 0. The van der Waals surface area contributed by atoms with Gasteiger partial charge in [-0.15, -0.1) is 5.10 Å². The average Bonchev–Trinajstić information content (AvgIpc) is 2.37. The Balaban J connectivity index is 2.41. The summed E-state index contributed by atoms with van der Waals surface area (Å²) in [7, 11) is 0. The van der Waals surface area contributed by atoms with E-state index in [-0.39, 0.29) is 18.2 Å². The summed E-state index contributed by atoms with van der Waals surface area (Å²) in [5.41, 5.74) is 8.12. The van der Waals surface area contributed by atoms with E-state index >= 15 is 0 Å². The van der Waals surface area contributed by atoms with Crippen LogP contribution in [0.15, 0.2) is 24.3 Å². The van der Waals surface area contributed by atoms with Gasteiger partial charge in [-0.05, 0) is 31.5 Å². The summed E-state index contributed by atoms with van der Waals surface area (Å²) >= 11 is 0. The van der Waals surface area contributed by atoms with Crippen LogP contribution in [0.3, 0.4) is 0 Å². The van der Waals surface area contributed by atoms with E-state index in [1.807, 2.05) is 13.8 Å². The first-order chi connectivity index (χ1) is 8.63. The van der Waals surface area contributed by atoms with Crippen molar-refractivity contribution in [2.75, 3.05) is 0 Å². The number of rotatable bonds is 3. The monoisotopic (exact) mass is 247 g/mol. The highest BCUT2D eigenvalue weighted by Crippen LogP contribution is 2.27. The highest BCUT2D eigenvalue weighted by Gasteiger charge is 2.13. The van der Waals surface area contributed by atoms with E-state index in [9.17, 15) is 4.39 Å². The van der Waals surface area contributed by atoms with Crippen molar-refractivity contribution in [3.8, 4) is 11.6 Å². The second-order valence-corrected chi connectivity index (χ2v) is 3.93. The minimum absolute atomic E-state index is 0.116. The van der Waals surface area contributed by atoms with Crippen LogP contribution in [-0.4, -0.2) is 10.2 Å². The molecule has 18 heavy (non-hydrogen) atoms. The molecule has 2 N–H and O–H groups in total. The molecule has 2 aromatic rings. The van der Waals surface area contributed by atoms with Gasteiger partial charge >= 0.3 is 0 Å². The molecule has 94 valence electrons. The molecule has 0 unspecified atom stereocenters. The van der Waals surface area contributed by atoms with Gasteiger partial charge in [-0.3, -0.25) is 0 Å². The fourth-order valence-electron chi connectivity index (χ4n) is 1.59. The Kier molecular flexibility index (Phi) is 3.53. The molecule has 0 aliphatic carbocycles. The molecule has 1 aromatic carbocycles. The molecule has 2 rings (SSSR count). The van der Waals surface area contributed by atoms with Gasteiger partial charge < -0.3 is 10.5 Å². The van der Waals surface area contributed by atoms with Gasteiger partial charge in [-0.1, -0.05) is 12.1 Å². The van der Waals surface area contributed by atoms with Crippen LogP contribution in [0.1, 0.15) is 16.8 Å². The number of halogens is 1. The van der Waals surface area contributed by atoms with Gasteiger partial charge in [0.2, 0.25) is 5.88 Å². The van der Waals surface area contributed by atoms with Crippen molar-refractivity contribution >= 4 is 0 Å². The molecule has 0 aliphatic heterocycles. The largest absolute Gasteiger partial charge is 0.434 e. The molecule has 0 amide bonds. The maximum Gasteiger partial charge on any atom is 0.243 e. The van der Waals surface area contributed by atoms with Crippen molar-refractivity contribution in [1.82, 2.24) is 10.2 Å². The van der Waals surface area contributed by atoms with Crippen molar-refractivity contribution in [2.24, 2.45) is 5.73 Å². The van der Waals surface area contributed by atoms with Crippen molar-refractivity contribution in [3.05, 3.63) is 46.9 Å². The Morgan fingerprint density at radius 2 is 1.94 bits per heavy atom. The number of benzene rings is 1. The molecular formula is C13H14FN3O. The standard InChI is InChI=1S/C13H14FN3O/c1-8-9(2)16-17-13(10(8)7-15)18-12-6-4-3-5-11(12)14/h3-6H,7,15H2,1-2H3. The van der Waals surface area contributed by atoms with Crippen LogP contribution in [0.5, 0.6) is 11.6 Å². The van der Waals surface area contributed by atoms with Crippen molar-refractivity contribution in [2.45, 2.75) is 20.4 Å². The zero-order chi connectivity index (χ0) is 13.1. The first-order valence-corrected chi connectivity index (χ1v) is 5.58. The predicted molar refractivity (Wildman–Crippen MR) is 65.9 cm³/mol. The van der Waals surface area contributed by atoms with Crippen LogP contribution >= 0.6 is 0 Å². The SMILES string of the molecule is Cc1nnc(Oc2ccccc2F)c(CN)c1C. The summed E-state index contributed by atoms with van der Waals surface area (Å²) in [5, 5.41) is 7.89. The summed E-state index contributed by atoms with van der Waals surface area (Å²) in [6.45, 7) is 4.00. The number of hydrogen-bond acceptors (Lipinski definition) is 4. The highest BCUT2D eigenvalue weighted by molar-refractivity contribution is 5.38. The van der Waals surface area contributed by atoms with Crippen LogP contribution in [0.4, 0.5) is 4.39 Å². The number of nitrogens with two attached hydrogens (primary N) is 1. The molecule has 0 saturated carbocycles. The Hall–Kier alpha value is -2.01. The van der Waals surface area contributed by atoms with Crippen LogP contribution in [0, 0.1) is 19.7 Å². The Morgan fingerprint density at radius 3 is 2.61 bits per heavy atom. The van der Waals surface area contributed by atoms with E-state index in [1.54, 1.807) is 12.1 Å². The first kappa shape index (κ1) is 12.4. The Labute approximate surface area is 105 Å². The summed E-state index contributed by atoms with van der Waals surface area (Å²) in [6, 6.07) is 6.14. The van der Waals surface area contributed by atoms with E-state index in [0.717, 1.165) is 16.8 Å². The zero-order valence-electron chi connectivity index (χ0n) is 10.3. The van der Waals surface area contributed by atoms with Gasteiger partial charge in [0, 0.05) is 12.1 Å². The Morgan fingerprint density at radius 1 is 1.22 bits per heavy atom. The molecule has 1 aromatic heterocycles. The van der Waals surface area contributed by atoms with Crippen LogP contribution in [-0.2, 0) is 6.54 Å². The molecular weight excluding hydrogens is 233 g/mol. The van der Waals surface area contributed by atoms with Gasteiger partial charge in [0.15, 0.2) is 11.6 Å². The zero-order valence-corrected chi connectivity index (χ0v) is 10.3. The molecule has 0 saturated heterocycles. The lowest BCUT2D eigenvalue weighted by Crippen LogP contribution is -2.07. The minimum atomic E-state index is -0.444. The van der Waals surface area contributed by atoms with Crippen molar-refractivity contribution < 1.29 is 9.13 Å². The van der Waals surface area contributed by atoms with Crippen LogP contribution in [0.25, 0.3) is 0 Å². The molecule has 5 heteroatoms. The summed E-state index contributed by atoms with van der Waals surface area (Å²) in [4.78, 5) is 0. The predicted octanol–water partition coefficient (Wildman–Crippen LogP) is 2.48. The highest BCUT2D eigenvalue weighted by atomic mass is 19.1. The number of para-hydroxylation sites is 1. The van der Waals surface area contributed by atoms with E-state index in [4.69, 9.17) is 10.5 Å². The lowest BCUT2D eigenvalue weighted by atomic mass is 10.1. The van der Waals surface area contributed by atoms with E-state index in [0.29, 0.717) is 0 Å². The molecule has 0 spiro atoms. The average molecular weight is 247 g/mol. The lowest BCUT2D eigenvalue weighted by molar-refractivity contribution is 0.415. The Bertz CT molecular complexity index is 572. The van der Waals surface area contributed by atoms with Gasteiger partial charge in [0.1, 0.15) is 0 Å². The third kappa shape index (κ3) is 2.31. The van der Waals surface area contributed by atoms with Gasteiger partial charge in [-0.25, -0.2) is 4.39 Å². The number of nitrogens with zero attached hydrogens (tertiary/aromatic N) is 2. The maximum atomic E-state index is 13.5. The number of ether oxygens (including phenoxy) is 1. The quantitative estimate of drug-likeness (QED) is 0.905. The number of aryl methyl sites for hydroxylation is 1. The van der Waals surface area contributed by atoms with Crippen molar-refractivity contribution in [1.29, 1.82) is 0 Å². The fourth-order valence-corrected chi connectivity index (χ4v) is 1.59. The van der Waals surface area contributed by atoms with Crippen molar-refractivity contribution in [3.63, 3.8) is 0 Å². The third-order valence-electron chi connectivity index (χ3n) is 2.79. The molecule has 0 atom stereocenters. The van der Waals surface area contributed by atoms with E-state index in [1.165, 1.54) is 12.1 Å². The maximum absolute atomic E-state index is 13.5. The lowest BCUT2D eigenvalue weighted by Gasteiger charge is -2.12. The molecule has 0 radical (unpaired) electrons. The first-order valence-electron chi connectivity index (χ1n) is 5.58. The molecule has 0 bridgehead atoms. The minimum Gasteiger partial charge on any atom is -0.434 e. The molecule has 0 fully saturated rings. The topological polar surface area (TPSA) is 61.0 Å². The van der Waals surface area contributed by atoms with Gasteiger partial charge in [0.25, 0.3) is 0 Å². The second-order valence-electron chi connectivity index (χ2n) is 3.93. The molecule has 1 heterocycles. The van der Waals surface area contributed by atoms with Crippen LogP contribution < -0.4 is 10.5 Å². The van der Waals surface area contributed by atoms with E-state index in [2.05, 4.69) is 10.2 Å². The smallest absolute Gasteiger partial charge is 0.243 e. The third-order valence-corrected chi connectivity index (χ3v) is 2.79. The number of aromatic nitrogens is 2. The molecule has 0 aliphatic rings. The van der Waals surface area contributed by atoms with Gasteiger partial charge in [0.05, 0.1) is 5.69 Å². The second kappa shape index (κ2) is 5.10. The number of hydrogen-bond donors (Lipinski definition) is 1. The fraction of sp³-hybridized carbons (Fsp3) is 0.231. The van der Waals surface area contributed by atoms with E-state index < -0.39 is 5.82 Å². The molecule has 4 nitrogen and oxygen atoms in total. The van der Waals surface area contributed by atoms with Gasteiger partial charge in [-0.2, -0.15) is 5.10 Å². The summed E-state index contributed by atoms with van der Waals surface area (Å²) < 4.78 is 18.9. The summed E-state index contributed by atoms with van der Waals surface area (Å²) in [5.74, 6) is -0.0732. The van der Waals surface area contributed by atoms with Crippen LogP contribution in [0.2, 0.25) is 0 Å².